The Kier molecular flexibility index (Phi) is 5.22. The first-order chi connectivity index (χ1) is 10.9. The van der Waals surface area contributed by atoms with Crippen molar-refractivity contribution >= 4 is 40.4 Å². The highest BCUT2D eigenvalue weighted by molar-refractivity contribution is 8.15. The molecule has 2 amide bonds. The number of aryl methyl sites for hydroxylation is 1. The molecule has 1 aromatic carbocycles. The van der Waals surface area contributed by atoms with Gasteiger partial charge in [0.1, 0.15) is 11.0 Å². The minimum absolute atomic E-state index is 0.0341. The Morgan fingerprint density at radius 3 is 2.87 bits per heavy atom. The van der Waals surface area contributed by atoms with Crippen LogP contribution in [0.1, 0.15) is 12.0 Å². The number of amidine groups is 1. The van der Waals surface area contributed by atoms with E-state index in [1.165, 1.54) is 7.11 Å². The zero-order valence-corrected chi connectivity index (χ0v) is 13.5. The molecule has 0 radical (unpaired) electrons. The number of benzene rings is 1. The highest BCUT2D eigenvalue weighted by Gasteiger charge is 2.30. The quantitative estimate of drug-likeness (QED) is 0.545. The van der Waals surface area contributed by atoms with E-state index in [0.29, 0.717) is 11.4 Å². The normalized spacial score (nSPS) is 16.7. The van der Waals surface area contributed by atoms with E-state index in [-0.39, 0.29) is 23.5 Å². The average molecular weight is 335 g/mol. The van der Waals surface area contributed by atoms with Crippen molar-refractivity contribution in [3.05, 3.63) is 23.8 Å². The Balaban J connectivity index is 2.00. The third-order valence-electron chi connectivity index (χ3n) is 2.95. The summed E-state index contributed by atoms with van der Waals surface area (Å²) in [5.74, 6) is -0.382. The zero-order chi connectivity index (χ0) is 17.0. The predicted molar refractivity (Wildman–Crippen MR) is 90.6 cm³/mol. The number of hydrogen-bond acceptors (Lipinski definition) is 5. The molecule has 122 valence electrons. The Hall–Kier alpha value is -2.55. The smallest absolute Gasteiger partial charge is 0.262 e. The number of guanidine groups is 1. The maximum Gasteiger partial charge on any atom is 0.262 e. The number of nitrogens with one attached hydrogen (secondary N) is 1. The van der Waals surface area contributed by atoms with Gasteiger partial charge in [0, 0.05) is 6.42 Å². The van der Waals surface area contributed by atoms with Gasteiger partial charge in [-0.15, -0.1) is 0 Å². The molecule has 9 heteroatoms. The fourth-order valence-corrected chi connectivity index (χ4v) is 2.89. The lowest BCUT2D eigenvalue weighted by Gasteiger charge is -2.12. The first-order valence-electron chi connectivity index (χ1n) is 6.72. The lowest BCUT2D eigenvalue weighted by Crippen LogP contribution is -2.23. The van der Waals surface area contributed by atoms with E-state index in [2.05, 4.69) is 15.3 Å². The number of aliphatic imine (C=N–C) groups is 2. The van der Waals surface area contributed by atoms with Gasteiger partial charge in [-0.2, -0.15) is 9.98 Å². The molecule has 23 heavy (non-hydrogen) atoms. The molecule has 8 nitrogen and oxygen atoms in total. The van der Waals surface area contributed by atoms with Gasteiger partial charge in [0.25, 0.3) is 5.91 Å². The summed E-state index contributed by atoms with van der Waals surface area (Å²) in [5.41, 5.74) is 12.0. The largest absolute Gasteiger partial charge is 0.495 e. The number of carbonyl (C=O) groups excluding carboxylic acids is 2. The van der Waals surface area contributed by atoms with Crippen molar-refractivity contribution in [2.24, 2.45) is 21.5 Å². The first-order valence-corrected chi connectivity index (χ1v) is 7.60. The fraction of sp³-hybridized carbons (Fsp3) is 0.286. The van der Waals surface area contributed by atoms with E-state index >= 15 is 0 Å². The molecular formula is C14H17N5O3S. The summed E-state index contributed by atoms with van der Waals surface area (Å²) in [6, 6.07) is 5.43. The summed E-state index contributed by atoms with van der Waals surface area (Å²) in [6.45, 7) is 1.90. The van der Waals surface area contributed by atoms with Crippen molar-refractivity contribution in [2.45, 2.75) is 18.6 Å². The lowest BCUT2D eigenvalue weighted by molar-refractivity contribution is -0.121. The van der Waals surface area contributed by atoms with Crippen molar-refractivity contribution in [2.75, 3.05) is 12.4 Å². The Bertz CT molecular complexity index is 698. The average Bonchev–Trinajstić information content (AvgIpc) is 2.77. The predicted octanol–water partition coefficient (Wildman–Crippen LogP) is 0.604. The number of nitrogens with two attached hydrogens (primary N) is 2. The molecule has 1 unspecified atom stereocenters. The second-order valence-electron chi connectivity index (χ2n) is 4.83. The molecule has 0 bridgehead atoms. The summed E-state index contributed by atoms with van der Waals surface area (Å²) >= 11 is 1.06. The number of methoxy groups -OCH3 is 1. The van der Waals surface area contributed by atoms with E-state index < -0.39 is 11.2 Å². The molecular weight excluding hydrogens is 318 g/mol. The van der Waals surface area contributed by atoms with Gasteiger partial charge in [0.15, 0.2) is 11.1 Å². The van der Waals surface area contributed by atoms with E-state index in [4.69, 9.17) is 16.2 Å². The molecule has 0 saturated carbocycles. The second-order valence-corrected chi connectivity index (χ2v) is 6.00. The van der Waals surface area contributed by atoms with Crippen LogP contribution in [0.25, 0.3) is 0 Å². The summed E-state index contributed by atoms with van der Waals surface area (Å²) < 4.78 is 5.20. The topological polar surface area (TPSA) is 132 Å². The summed E-state index contributed by atoms with van der Waals surface area (Å²) in [5, 5.41) is 2.27. The van der Waals surface area contributed by atoms with Crippen LogP contribution in [0.2, 0.25) is 0 Å². The third-order valence-corrected chi connectivity index (χ3v) is 4.00. The van der Waals surface area contributed by atoms with E-state index in [9.17, 15) is 9.59 Å². The van der Waals surface area contributed by atoms with Crippen LogP contribution in [0.5, 0.6) is 5.75 Å². The van der Waals surface area contributed by atoms with Gasteiger partial charge in [-0.1, -0.05) is 17.8 Å². The van der Waals surface area contributed by atoms with Gasteiger partial charge in [0.05, 0.1) is 12.8 Å². The van der Waals surface area contributed by atoms with Crippen molar-refractivity contribution < 1.29 is 14.3 Å². The number of carbonyl (C=O) groups is 2. The number of nitrogens with zero attached hydrogens (tertiary/aromatic N) is 2. The molecule has 0 aromatic heterocycles. The van der Waals surface area contributed by atoms with Gasteiger partial charge in [-0.25, -0.2) is 0 Å². The molecule has 0 aliphatic carbocycles. The van der Waals surface area contributed by atoms with Crippen LogP contribution in [0.15, 0.2) is 28.2 Å². The number of rotatable bonds is 4. The number of hydrogen-bond donors (Lipinski definition) is 3. The molecule has 0 spiro atoms. The molecule has 0 saturated heterocycles. The van der Waals surface area contributed by atoms with Gasteiger partial charge in [-0.05, 0) is 24.6 Å². The van der Waals surface area contributed by atoms with Gasteiger partial charge in [0.2, 0.25) is 5.91 Å². The monoisotopic (exact) mass is 335 g/mol. The van der Waals surface area contributed by atoms with Crippen LogP contribution in [-0.2, 0) is 9.59 Å². The highest BCUT2D eigenvalue weighted by atomic mass is 32.2. The van der Waals surface area contributed by atoms with E-state index in [1.54, 1.807) is 12.1 Å². The van der Waals surface area contributed by atoms with Gasteiger partial charge >= 0.3 is 0 Å². The zero-order valence-electron chi connectivity index (χ0n) is 12.7. The van der Waals surface area contributed by atoms with Crippen molar-refractivity contribution in [3.63, 3.8) is 0 Å². The molecule has 0 fully saturated rings. The SMILES string of the molecule is COc1ccc(C)cc1NC(=O)CC1SC(N=C(N)N)=NC1=O. The van der Waals surface area contributed by atoms with Gasteiger partial charge < -0.3 is 21.5 Å². The number of anilines is 1. The third kappa shape index (κ3) is 4.46. The summed E-state index contributed by atoms with van der Waals surface area (Å²) in [4.78, 5) is 31.3. The number of thioether (sulfide) groups is 1. The van der Waals surface area contributed by atoms with E-state index in [1.807, 2.05) is 13.0 Å². The van der Waals surface area contributed by atoms with Crippen molar-refractivity contribution in [3.8, 4) is 5.75 Å². The molecule has 2 rings (SSSR count). The first kappa shape index (κ1) is 16.8. The number of ether oxygens (including phenoxy) is 1. The number of amides is 2. The standard InChI is InChI=1S/C14H17N5O3S/c1-7-3-4-9(22-2)8(5-7)17-11(20)6-10-12(21)18-14(23-10)19-13(15)16/h3-5,10H,6H2,1-2H3,(H,17,20)(H4,15,16,18,19,21). The van der Waals surface area contributed by atoms with Gasteiger partial charge in [-0.3, -0.25) is 9.59 Å². The van der Waals surface area contributed by atoms with E-state index in [0.717, 1.165) is 17.3 Å². The second kappa shape index (κ2) is 7.14. The molecule has 1 aliphatic rings. The minimum atomic E-state index is -0.635. The van der Waals surface area contributed by atoms with Crippen LogP contribution < -0.4 is 21.5 Å². The molecule has 1 aliphatic heterocycles. The highest BCUT2D eigenvalue weighted by Crippen LogP contribution is 2.28. The van der Waals surface area contributed by atoms with Crippen LogP contribution in [0, 0.1) is 6.92 Å². The Morgan fingerprint density at radius 1 is 1.48 bits per heavy atom. The molecule has 1 heterocycles. The van der Waals surface area contributed by atoms with Crippen molar-refractivity contribution in [1.29, 1.82) is 0 Å². The summed E-state index contributed by atoms with van der Waals surface area (Å²) in [6.07, 6.45) is -0.0341. The minimum Gasteiger partial charge on any atom is -0.495 e. The Morgan fingerprint density at radius 2 is 2.22 bits per heavy atom. The molecule has 5 N–H and O–H groups in total. The summed E-state index contributed by atoms with van der Waals surface area (Å²) in [7, 11) is 1.52. The van der Waals surface area contributed by atoms with Crippen molar-refractivity contribution in [1.82, 2.24) is 0 Å². The maximum absolute atomic E-state index is 12.2. The molecule has 1 atom stereocenters. The van der Waals surface area contributed by atoms with Crippen LogP contribution >= 0.6 is 11.8 Å². The van der Waals surface area contributed by atoms with Crippen LogP contribution in [-0.4, -0.2) is 35.3 Å². The van der Waals surface area contributed by atoms with Crippen LogP contribution in [0.4, 0.5) is 5.69 Å². The van der Waals surface area contributed by atoms with Crippen LogP contribution in [0.3, 0.4) is 0 Å². The lowest BCUT2D eigenvalue weighted by atomic mass is 10.2. The Labute approximate surface area is 137 Å². The maximum atomic E-state index is 12.2. The molecule has 1 aromatic rings. The fourth-order valence-electron chi connectivity index (χ4n) is 1.95.